The highest BCUT2D eigenvalue weighted by Gasteiger charge is 2.08. The maximum absolute atomic E-state index is 11.6. The molecular weight excluding hydrogens is 263 g/mol. The van der Waals surface area contributed by atoms with Gasteiger partial charge < -0.3 is 9.73 Å². The van der Waals surface area contributed by atoms with Crippen LogP contribution in [0.25, 0.3) is 0 Å². The number of carbonyl (C=O) groups is 1. The van der Waals surface area contributed by atoms with Gasteiger partial charge in [0.05, 0.1) is 22.8 Å². The fourth-order valence-corrected chi connectivity index (χ4v) is 1.61. The lowest BCUT2D eigenvalue weighted by Crippen LogP contribution is -2.14. The highest BCUT2D eigenvalue weighted by atomic mass is 35.5. The number of amides is 1. The molecule has 88 valence electrons. The summed E-state index contributed by atoms with van der Waals surface area (Å²) in [4.78, 5) is 15.5. The van der Waals surface area contributed by atoms with Crippen molar-refractivity contribution in [1.29, 1.82) is 0 Å². The molecule has 1 amide bonds. The van der Waals surface area contributed by atoms with Crippen LogP contribution in [-0.2, 0) is 11.2 Å². The number of oxazole rings is 1. The number of aromatic nitrogens is 1. The van der Waals surface area contributed by atoms with Crippen molar-refractivity contribution in [1.82, 2.24) is 4.98 Å². The van der Waals surface area contributed by atoms with Crippen LogP contribution in [-0.4, -0.2) is 10.9 Å². The predicted molar refractivity (Wildman–Crippen MR) is 65.3 cm³/mol. The first-order chi connectivity index (χ1) is 8.15. The van der Waals surface area contributed by atoms with E-state index < -0.39 is 0 Å². The van der Waals surface area contributed by atoms with Crippen molar-refractivity contribution in [3.63, 3.8) is 0 Å². The summed E-state index contributed by atoms with van der Waals surface area (Å²) >= 11 is 11.7. The molecule has 2 rings (SSSR count). The first-order valence-corrected chi connectivity index (χ1v) is 5.53. The summed E-state index contributed by atoms with van der Waals surface area (Å²) in [6.45, 7) is 0. The number of anilines is 1. The van der Waals surface area contributed by atoms with Crippen LogP contribution in [0.15, 0.2) is 35.3 Å². The van der Waals surface area contributed by atoms with Crippen molar-refractivity contribution in [2.24, 2.45) is 0 Å². The molecule has 0 bridgehead atoms. The molecule has 2 aromatic rings. The van der Waals surface area contributed by atoms with Crippen molar-refractivity contribution < 1.29 is 9.21 Å². The number of carbonyl (C=O) groups excluding carboxylic acids is 1. The number of hydrogen-bond acceptors (Lipinski definition) is 3. The number of halogens is 2. The Labute approximate surface area is 108 Å². The van der Waals surface area contributed by atoms with Crippen molar-refractivity contribution >= 4 is 34.8 Å². The van der Waals surface area contributed by atoms with E-state index in [-0.39, 0.29) is 12.3 Å². The van der Waals surface area contributed by atoms with Gasteiger partial charge in [0, 0.05) is 5.02 Å². The van der Waals surface area contributed by atoms with Gasteiger partial charge in [0.15, 0.2) is 6.39 Å². The van der Waals surface area contributed by atoms with Gasteiger partial charge in [-0.2, -0.15) is 0 Å². The average Bonchev–Trinajstić information content (AvgIpc) is 2.76. The second-order valence-corrected chi connectivity index (χ2v) is 4.17. The van der Waals surface area contributed by atoms with Crippen LogP contribution in [0.3, 0.4) is 0 Å². The van der Waals surface area contributed by atoms with E-state index in [0.717, 1.165) is 0 Å². The Morgan fingerprint density at radius 3 is 2.94 bits per heavy atom. The van der Waals surface area contributed by atoms with E-state index in [1.165, 1.54) is 12.7 Å². The van der Waals surface area contributed by atoms with Gasteiger partial charge in [-0.05, 0) is 18.2 Å². The monoisotopic (exact) mass is 270 g/mol. The fourth-order valence-electron chi connectivity index (χ4n) is 1.28. The van der Waals surface area contributed by atoms with E-state index in [9.17, 15) is 4.79 Å². The zero-order valence-electron chi connectivity index (χ0n) is 8.61. The lowest BCUT2D eigenvalue weighted by Gasteiger charge is -2.06. The van der Waals surface area contributed by atoms with E-state index in [4.69, 9.17) is 27.6 Å². The topological polar surface area (TPSA) is 55.1 Å². The Hall–Kier alpha value is -1.52. The molecule has 0 saturated carbocycles. The molecule has 0 radical (unpaired) electrons. The highest BCUT2D eigenvalue weighted by molar-refractivity contribution is 6.35. The van der Waals surface area contributed by atoms with Gasteiger partial charge in [-0.15, -0.1) is 0 Å². The summed E-state index contributed by atoms with van der Waals surface area (Å²) in [7, 11) is 0. The molecule has 0 aliphatic rings. The minimum atomic E-state index is -0.233. The Balaban J connectivity index is 2.05. The highest BCUT2D eigenvalue weighted by Crippen LogP contribution is 2.25. The minimum Gasteiger partial charge on any atom is -0.451 e. The molecule has 0 aliphatic carbocycles. The molecule has 0 saturated heterocycles. The fraction of sp³-hybridized carbons (Fsp3) is 0.0909. The molecule has 0 unspecified atom stereocenters. The van der Waals surface area contributed by atoms with Gasteiger partial charge in [0.1, 0.15) is 6.26 Å². The van der Waals surface area contributed by atoms with Crippen LogP contribution in [0, 0.1) is 0 Å². The lowest BCUT2D eigenvalue weighted by molar-refractivity contribution is -0.115. The van der Waals surface area contributed by atoms with Gasteiger partial charge in [0.25, 0.3) is 0 Å². The number of nitrogens with one attached hydrogen (secondary N) is 1. The second kappa shape index (κ2) is 5.21. The predicted octanol–water partition coefficient (Wildman–Crippen LogP) is 3.16. The van der Waals surface area contributed by atoms with E-state index >= 15 is 0 Å². The van der Waals surface area contributed by atoms with E-state index in [2.05, 4.69) is 10.3 Å². The molecule has 1 heterocycles. The second-order valence-electron chi connectivity index (χ2n) is 3.33. The first-order valence-electron chi connectivity index (χ1n) is 4.77. The largest absolute Gasteiger partial charge is 0.451 e. The van der Waals surface area contributed by atoms with Crippen LogP contribution in [0.2, 0.25) is 10.0 Å². The zero-order valence-corrected chi connectivity index (χ0v) is 10.1. The van der Waals surface area contributed by atoms with Gasteiger partial charge in [0.2, 0.25) is 5.91 Å². The van der Waals surface area contributed by atoms with Crippen molar-refractivity contribution in [3.8, 4) is 0 Å². The van der Waals surface area contributed by atoms with Crippen LogP contribution < -0.4 is 5.32 Å². The third-order valence-electron chi connectivity index (χ3n) is 2.03. The van der Waals surface area contributed by atoms with Crippen LogP contribution >= 0.6 is 23.2 Å². The standard InChI is InChI=1S/C11H8Cl2N2O2/c12-7-1-2-9(13)10(3-7)15-11(16)4-8-5-17-6-14-8/h1-3,5-6H,4H2,(H,15,16). The van der Waals surface area contributed by atoms with Crippen molar-refractivity contribution in [3.05, 3.63) is 46.6 Å². The molecule has 1 N–H and O–H groups in total. The summed E-state index contributed by atoms with van der Waals surface area (Å²) in [5.74, 6) is -0.233. The van der Waals surface area contributed by atoms with E-state index in [1.807, 2.05) is 0 Å². The number of nitrogens with zero attached hydrogens (tertiary/aromatic N) is 1. The SMILES string of the molecule is O=C(Cc1cocn1)Nc1cc(Cl)ccc1Cl. The van der Waals surface area contributed by atoms with Crippen molar-refractivity contribution in [2.45, 2.75) is 6.42 Å². The molecule has 6 heteroatoms. The van der Waals surface area contributed by atoms with Crippen molar-refractivity contribution in [2.75, 3.05) is 5.32 Å². The summed E-state index contributed by atoms with van der Waals surface area (Å²) in [6.07, 6.45) is 2.81. The summed E-state index contributed by atoms with van der Waals surface area (Å²) in [5, 5.41) is 3.59. The maximum Gasteiger partial charge on any atom is 0.230 e. The molecule has 0 atom stereocenters. The van der Waals surface area contributed by atoms with E-state index in [1.54, 1.807) is 18.2 Å². The maximum atomic E-state index is 11.6. The third-order valence-corrected chi connectivity index (χ3v) is 2.59. The summed E-state index contributed by atoms with van der Waals surface area (Å²) < 4.78 is 4.77. The summed E-state index contributed by atoms with van der Waals surface area (Å²) in [5.41, 5.74) is 1.04. The van der Waals surface area contributed by atoms with Crippen LogP contribution in [0.4, 0.5) is 5.69 Å². The Kier molecular flexibility index (Phi) is 3.66. The molecule has 0 fully saturated rings. The molecule has 0 spiro atoms. The molecule has 1 aromatic heterocycles. The molecule has 4 nitrogen and oxygen atoms in total. The van der Waals surface area contributed by atoms with E-state index in [0.29, 0.717) is 21.4 Å². The Bertz CT molecular complexity index is 526. The van der Waals surface area contributed by atoms with Gasteiger partial charge >= 0.3 is 0 Å². The van der Waals surface area contributed by atoms with Crippen LogP contribution in [0.5, 0.6) is 0 Å². The van der Waals surface area contributed by atoms with Gasteiger partial charge in [-0.1, -0.05) is 23.2 Å². The Morgan fingerprint density at radius 2 is 2.24 bits per heavy atom. The quantitative estimate of drug-likeness (QED) is 0.932. The molecule has 17 heavy (non-hydrogen) atoms. The third kappa shape index (κ3) is 3.22. The first kappa shape index (κ1) is 12.0. The molecule has 0 aliphatic heterocycles. The van der Waals surface area contributed by atoms with Gasteiger partial charge in [-0.25, -0.2) is 4.98 Å². The van der Waals surface area contributed by atoms with Gasteiger partial charge in [-0.3, -0.25) is 4.79 Å². The zero-order chi connectivity index (χ0) is 12.3. The summed E-state index contributed by atoms with van der Waals surface area (Å²) in [6, 6.07) is 4.86. The Morgan fingerprint density at radius 1 is 1.41 bits per heavy atom. The number of hydrogen-bond donors (Lipinski definition) is 1. The lowest BCUT2D eigenvalue weighted by atomic mass is 10.3. The smallest absolute Gasteiger partial charge is 0.230 e. The normalized spacial score (nSPS) is 10.2. The molecule has 1 aromatic carbocycles. The average molecular weight is 271 g/mol. The number of rotatable bonds is 3. The van der Waals surface area contributed by atoms with Crippen LogP contribution in [0.1, 0.15) is 5.69 Å². The number of benzene rings is 1. The minimum absolute atomic E-state index is 0.124. The molecular formula is C11H8Cl2N2O2.